The minimum atomic E-state index is -0.315. The molecule has 0 radical (unpaired) electrons. The largest absolute Gasteiger partial charge is 0.334 e. The van der Waals surface area contributed by atoms with E-state index in [9.17, 15) is 9.18 Å². The molecule has 0 spiro atoms. The smallest absolute Gasteiger partial charge is 0.274 e. The number of hydrogen-bond acceptors (Lipinski definition) is 3. The average Bonchev–Trinajstić information content (AvgIpc) is 3.17. The zero-order chi connectivity index (χ0) is 16.7. The Labute approximate surface area is 140 Å². The zero-order valence-electron chi connectivity index (χ0n) is 13.8. The minimum absolute atomic E-state index is 0.0309. The Kier molecular flexibility index (Phi) is 3.84. The summed E-state index contributed by atoms with van der Waals surface area (Å²) in [6, 6.07) is 6.88. The standard InChI is InChI=1S/C18H21FN4O/c1-12-11-22(10-9-20-12)18(24)17-13-5-4-8-15(13)23(21-17)16-7-3-2-6-14(16)19/h2-3,6-7,12,20H,4-5,8-11H2,1H3. The number of nitrogens with one attached hydrogen (secondary N) is 1. The molecule has 1 atom stereocenters. The van der Waals surface area contributed by atoms with E-state index >= 15 is 0 Å². The van der Waals surface area contributed by atoms with Gasteiger partial charge in [0.1, 0.15) is 11.5 Å². The van der Waals surface area contributed by atoms with Crippen LogP contribution in [0.15, 0.2) is 24.3 Å². The Bertz CT molecular complexity index is 785. The predicted octanol–water partition coefficient (Wildman–Crippen LogP) is 1.93. The molecule has 1 aliphatic heterocycles. The number of nitrogens with zero attached hydrogens (tertiary/aromatic N) is 3. The van der Waals surface area contributed by atoms with E-state index in [0.29, 0.717) is 24.5 Å². The fourth-order valence-corrected chi connectivity index (χ4v) is 3.70. The summed E-state index contributed by atoms with van der Waals surface area (Å²) in [6.45, 7) is 4.23. The molecule has 2 aromatic rings. The summed E-state index contributed by atoms with van der Waals surface area (Å²) in [7, 11) is 0. The van der Waals surface area contributed by atoms with Gasteiger partial charge in [-0.2, -0.15) is 5.10 Å². The topological polar surface area (TPSA) is 50.2 Å². The number of piperazine rings is 1. The molecule has 6 heteroatoms. The number of carbonyl (C=O) groups is 1. The van der Waals surface area contributed by atoms with E-state index in [2.05, 4.69) is 17.3 Å². The van der Waals surface area contributed by atoms with E-state index in [-0.39, 0.29) is 17.8 Å². The fourth-order valence-electron chi connectivity index (χ4n) is 3.70. The van der Waals surface area contributed by atoms with Crippen LogP contribution in [0.1, 0.15) is 35.1 Å². The van der Waals surface area contributed by atoms with Crippen molar-refractivity contribution in [2.75, 3.05) is 19.6 Å². The van der Waals surface area contributed by atoms with Crippen LogP contribution in [0.25, 0.3) is 5.69 Å². The Hall–Kier alpha value is -2.21. The van der Waals surface area contributed by atoms with E-state index in [1.165, 1.54) is 6.07 Å². The van der Waals surface area contributed by atoms with Gasteiger partial charge in [-0.3, -0.25) is 4.79 Å². The lowest BCUT2D eigenvalue weighted by atomic mass is 10.1. The van der Waals surface area contributed by atoms with Crippen molar-refractivity contribution in [3.8, 4) is 5.69 Å². The first kappa shape index (κ1) is 15.3. The predicted molar refractivity (Wildman–Crippen MR) is 88.9 cm³/mol. The van der Waals surface area contributed by atoms with Crippen molar-refractivity contribution >= 4 is 5.91 Å². The number of aromatic nitrogens is 2. The Balaban J connectivity index is 1.74. The molecule has 0 saturated carbocycles. The monoisotopic (exact) mass is 328 g/mol. The molecule has 1 aromatic heterocycles. The first-order valence-corrected chi connectivity index (χ1v) is 8.53. The Morgan fingerprint density at radius 3 is 2.96 bits per heavy atom. The summed E-state index contributed by atoms with van der Waals surface area (Å²) in [6.07, 6.45) is 2.66. The van der Waals surface area contributed by atoms with Gasteiger partial charge in [0.25, 0.3) is 5.91 Å². The van der Waals surface area contributed by atoms with Crippen LogP contribution in [-0.2, 0) is 12.8 Å². The second-order valence-corrected chi connectivity index (χ2v) is 6.60. The van der Waals surface area contributed by atoms with Gasteiger partial charge in [-0.15, -0.1) is 0 Å². The number of fused-ring (bicyclic) bond motifs is 1. The summed E-state index contributed by atoms with van der Waals surface area (Å²) in [5.74, 6) is -0.346. The second-order valence-electron chi connectivity index (χ2n) is 6.60. The number of amides is 1. The third-order valence-electron chi connectivity index (χ3n) is 4.87. The average molecular weight is 328 g/mol. The van der Waals surface area contributed by atoms with Crippen LogP contribution in [0.2, 0.25) is 0 Å². The molecule has 1 amide bonds. The molecule has 1 aliphatic carbocycles. The molecule has 1 N–H and O–H groups in total. The quantitative estimate of drug-likeness (QED) is 0.916. The first-order chi connectivity index (χ1) is 11.6. The van der Waals surface area contributed by atoms with Gasteiger partial charge in [-0.25, -0.2) is 9.07 Å². The SMILES string of the molecule is CC1CN(C(=O)c2nn(-c3ccccc3F)c3c2CCC3)CCN1. The van der Waals surface area contributed by atoms with Crippen molar-refractivity contribution in [3.63, 3.8) is 0 Å². The molecule has 1 aromatic carbocycles. The number of rotatable bonds is 2. The van der Waals surface area contributed by atoms with Crippen molar-refractivity contribution in [3.05, 3.63) is 47.0 Å². The lowest BCUT2D eigenvalue weighted by Gasteiger charge is -2.31. The Morgan fingerprint density at radius 1 is 1.33 bits per heavy atom. The second kappa shape index (κ2) is 6.02. The molecule has 4 rings (SSSR count). The van der Waals surface area contributed by atoms with Crippen molar-refractivity contribution in [1.29, 1.82) is 0 Å². The molecule has 1 unspecified atom stereocenters. The highest BCUT2D eigenvalue weighted by molar-refractivity contribution is 5.94. The summed E-state index contributed by atoms with van der Waals surface area (Å²) >= 11 is 0. The molecular weight excluding hydrogens is 307 g/mol. The number of para-hydroxylation sites is 1. The van der Waals surface area contributed by atoms with Gasteiger partial charge in [0.15, 0.2) is 5.69 Å². The van der Waals surface area contributed by atoms with E-state index in [1.807, 2.05) is 4.90 Å². The van der Waals surface area contributed by atoms with Gasteiger partial charge in [0.05, 0.1) is 0 Å². The molecule has 2 heterocycles. The number of carbonyl (C=O) groups excluding carboxylic acids is 1. The van der Waals surface area contributed by atoms with Crippen molar-refractivity contribution in [2.45, 2.75) is 32.2 Å². The fraction of sp³-hybridized carbons (Fsp3) is 0.444. The first-order valence-electron chi connectivity index (χ1n) is 8.53. The highest BCUT2D eigenvalue weighted by Gasteiger charge is 2.31. The van der Waals surface area contributed by atoms with Crippen LogP contribution in [0.4, 0.5) is 4.39 Å². The van der Waals surface area contributed by atoms with E-state index < -0.39 is 0 Å². The van der Waals surface area contributed by atoms with Crippen LogP contribution in [0.3, 0.4) is 0 Å². The number of benzene rings is 1. The number of hydrogen-bond donors (Lipinski definition) is 1. The summed E-state index contributed by atoms with van der Waals surface area (Å²) in [5.41, 5.74) is 2.89. The molecule has 1 fully saturated rings. The highest BCUT2D eigenvalue weighted by Crippen LogP contribution is 2.29. The van der Waals surface area contributed by atoms with Crippen molar-refractivity contribution < 1.29 is 9.18 Å². The molecule has 0 bridgehead atoms. The molecule has 5 nitrogen and oxygen atoms in total. The lowest BCUT2D eigenvalue weighted by Crippen LogP contribution is -2.51. The summed E-state index contributed by atoms with van der Waals surface area (Å²) < 4.78 is 15.8. The van der Waals surface area contributed by atoms with Crippen molar-refractivity contribution in [2.24, 2.45) is 0 Å². The third-order valence-corrected chi connectivity index (χ3v) is 4.87. The van der Waals surface area contributed by atoms with E-state index in [4.69, 9.17) is 0 Å². The van der Waals surface area contributed by atoms with Crippen LogP contribution < -0.4 is 5.32 Å². The van der Waals surface area contributed by atoms with Crippen LogP contribution in [0.5, 0.6) is 0 Å². The molecule has 126 valence electrons. The normalized spacial score (nSPS) is 20.2. The highest BCUT2D eigenvalue weighted by atomic mass is 19.1. The zero-order valence-corrected chi connectivity index (χ0v) is 13.8. The van der Waals surface area contributed by atoms with E-state index in [1.54, 1.807) is 22.9 Å². The minimum Gasteiger partial charge on any atom is -0.334 e. The van der Waals surface area contributed by atoms with E-state index in [0.717, 1.165) is 37.1 Å². The maximum Gasteiger partial charge on any atom is 0.274 e. The van der Waals surface area contributed by atoms with Gasteiger partial charge in [0.2, 0.25) is 0 Å². The van der Waals surface area contributed by atoms with Crippen molar-refractivity contribution in [1.82, 2.24) is 20.0 Å². The van der Waals surface area contributed by atoms with Gasteiger partial charge in [-0.1, -0.05) is 12.1 Å². The Morgan fingerprint density at radius 2 is 2.17 bits per heavy atom. The van der Waals surface area contributed by atoms with Gasteiger partial charge in [0, 0.05) is 36.9 Å². The van der Waals surface area contributed by atoms with Gasteiger partial charge >= 0.3 is 0 Å². The number of halogens is 1. The molecular formula is C18H21FN4O. The molecule has 24 heavy (non-hydrogen) atoms. The maximum absolute atomic E-state index is 14.2. The summed E-state index contributed by atoms with van der Waals surface area (Å²) in [5, 5.41) is 7.87. The van der Waals surface area contributed by atoms with Crippen LogP contribution in [-0.4, -0.2) is 46.3 Å². The maximum atomic E-state index is 14.2. The molecule has 2 aliphatic rings. The third kappa shape index (κ3) is 2.51. The summed E-state index contributed by atoms with van der Waals surface area (Å²) in [4.78, 5) is 14.8. The van der Waals surface area contributed by atoms with Crippen LogP contribution >= 0.6 is 0 Å². The van der Waals surface area contributed by atoms with Crippen LogP contribution in [0, 0.1) is 5.82 Å². The molecule has 1 saturated heterocycles. The van der Waals surface area contributed by atoms with Gasteiger partial charge < -0.3 is 10.2 Å². The van der Waals surface area contributed by atoms with Gasteiger partial charge in [-0.05, 0) is 38.3 Å². The lowest BCUT2D eigenvalue weighted by molar-refractivity contribution is 0.0701.